The van der Waals surface area contributed by atoms with Crippen molar-refractivity contribution in [3.8, 4) is 0 Å². The molecule has 0 saturated heterocycles. The summed E-state index contributed by atoms with van der Waals surface area (Å²) in [5, 5.41) is 17.9. The van der Waals surface area contributed by atoms with Gasteiger partial charge in [0, 0.05) is 26.9 Å². The molecular weight excluding hydrogens is 188 g/mol. The van der Waals surface area contributed by atoms with Crippen molar-refractivity contribution in [2.75, 3.05) is 19.6 Å². The highest BCUT2D eigenvalue weighted by Crippen LogP contribution is 1.48. The van der Waals surface area contributed by atoms with Crippen molar-refractivity contribution >= 4 is 11.9 Å². The van der Waals surface area contributed by atoms with E-state index in [4.69, 9.17) is 25.5 Å². The lowest BCUT2D eigenvalue weighted by Crippen LogP contribution is -2.21. The van der Waals surface area contributed by atoms with Crippen LogP contribution in [0.5, 0.6) is 0 Å². The number of hydrogen-bond donors (Lipinski definition) is 4. The van der Waals surface area contributed by atoms with E-state index in [2.05, 4.69) is 12.2 Å². The molecule has 0 spiro atoms. The quantitative estimate of drug-likeness (QED) is 0.475. The van der Waals surface area contributed by atoms with Crippen molar-refractivity contribution in [1.82, 2.24) is 5.32 Å². The van der Waals surface area contributed by atoms with Crippen LogP contribution in [-0.2, 0) is 9.59 Å². The molecule has 0 aromatic carbocycles. The zero-order valence-corrected chi connectivity index (χ0v) is 8.91. The van der Waals surface area contributed by atoms with Gasteiger partial charge in [0.2, 0.25) is 0 Å². The van der Waals surface area contributed by atoms with Crippen molar-refractivity contribution in [1.29, 1.82) is 0 Å². The second-order valence-corrected chi connectivity index (χ2v) is 2.18. The molecule has 0 amide bonds. The molecule has 0 fully saturated rings. The van der Waals surface area contributed by atoms with Crippen molar-refractivity contribution < 1.29 is 19.8 Å². The maximum Gasteiger partial charge on any atom is 0.300 e. The van der Waals surface area contributed by atoms with Crippen LogP contribution in [0.3, 0.4) is 0 Å². The number of likely N-dealkylation sites (N-methyl/N-ethyl adjacent to an activating group) is 1. The fourth-order valence-corrected chi connectivity index (χ4v) is 0.279. The Morgan fingerprint density at radius 2 is 1.50 bits per heavy atom. The number of carboxylic acids is 2. The third-order valence-electron chi connectivity index (χ3n) is 0.571. The normalized spacial score (nSPS) is 7.43. The zero-order valence-electron chi connectivity index (χ0n) is 8.91. The van der Waals surface area contributed by atoms with Gasteiger partial charge in [0.25, 0.3) is 11.9 Å². The lowest BCUT2D eigenvalue weighted by Gasteiger charge is -1.92. The van der Waals surface area contributed by atoms with E-state index in [9.17, 15) is 0 Å². The Morgan fingerprint density at radius 1 is 1.21 bits per heavy atom. The Morgan fingerprint density at radius 3 is 1.57 bits per heavy atom. The van der Waals surface area contributed by atoms with Gasteiger partial charge in [0.15, 0.2) is 0 Å². The van der Waals surface area contributed by atoms with Gasteiger partial charge in [-0.1, -0.05) is 6.92 Å². The predicted molar refractivity (Wildman–Crippen MR) is 54.2 cm³/mol. The Balaban J connectivity index is -0.000000135. The predicted octanol–water partition coefficient (Wildman–Crippen LogP) is -0.264. The molecule has 0 rings (SSSR count). The standard InChI is InChI=1S/C4H12N2.2C2H4O2/c1-2-6-4-3-5;2*1-2(3)4/h6H,2-5H2,1H3;2*1H3,(H,3,4). The van der Waals surface area contributed by atoms with Gasteiger partial charge in [-0.2, -0.15) is 0 Å². The van der Waals surface area contributed by atoms with Crippen LogP contribution in [0.2, 0.25) is 0 Å². The molecule has 0 aliphatic carbocycles. The van der Waals surface area contributed by atoms with Crippen LogP contribution in [0.4, 0.5) is 0 Å². The summed E-state index contributed by atoms with van der Waals surface area (Å²) in [6.45, 7) is 6.94. The van der Waals surface area contributed by atoms with Crippen LogP contribution < -0.4 is 11.1 Å². The van der Waals surface area contributed by atoms with Crippen LogP contribution in [0.15, 0.2) is 0 Å². The number of nitrogens with two attached hydrogens (primary N) is 1. The summed E-state index contributed by atoms with van der Waals surface area (Å²) in [6, 6.07) is 0. The molecule has 14 heavy (non-hydrogen) atoms. The average molecular weight is 208 g/mol. The lowest BCUT2D eigenvalue weighted by atomic mass is 10.6. The van der Waals surface area contributed by atoms with Gasteiger partial charge in [-0.05, 0) is 6.54 Å². The van der Waals surface area contributed by atoms with Gasteiger partial charge in [-0.25, -0.2) is 0 Å². The summed E-state index contributed by atoms with van der Waals surface area (Å²) < 4.78 is 0. The van der Waals surface area contributed by atoms with Crippen molar-refractivity contribution in [2.24, 2.45) is 5.73 Å². The topological polar surface area (TPSA) is 113 Å². The van der Waals surface area contributed by atoms with Gasteiger partial charge in [0.05, 0.1) is 0 Å². The summed E-state index contributed by atoms with van der Waals surface area (Å²) in [5.74, 6) is -1.67. The second-order valence-electron chi connectivity index (χ2n) is 2.18. The maximum atomic E-state index is 9.00. The monoisotopic (exact) mass is 208 g/mol. The minimum Gasteiger partial charge on any atom is -0.481 e. The summed E-state index contributed by atoms with van der Waals surface area (Å²) >= 11 is 0. The minimum absolute atomic E-state index is 0.744. The Kier molecular flexibility index (Phi) is 23.7. The third-order valence-corrected chi connectivity index (χ3v) is 0.571. The average Bonchev–Trinajstić information content (AvgIpc) is 1.98. The van der Waals surface area contributed by atoms with Gasteiger partial charge < -0.3 is 21.3 Å². The highest BCUT2D eigenvalue weighted by atomic mass is 16.4. The first-order valence-electron chi connectivity index (χ1n) is 4.18. The number of carbonyl (C=O) groups is 2. The zero-order chi connectivity index (χ0) is 12.0. The molecule has 0 heterocycles. The first kappa shape index (κ1) is 18.6. The molecule has 0 unspecified atom stereocenters. The molecule has 0 atom stereocenters. The van der Waals surface area contributed by atoms with E-state index < -0.39 is 11.9 Å². The van der Waals surface area contributed by atoms with Crippen molar-refractivity contribution in [3.05, 3.63) is 0 Å². The van der Waals surface area contributed by atoms with Crippen LogP contribution >= 0.6 is 0 Å². The molecule has 6 heteroatoms. The number of hydrogen-bond acceptors (Lipinski definition) is 4. The van der Waals surface area contributed by atoms with Gasteiger partial charge in [0.1, 0.15) is 0 Å². The van der Waals surface area contributed by atoms with E-state index in [-0.39, 0.29) is 0 Å². The Bertz CT molecular complexity index is 115. The molecule has 0 aromatic heterocycles. The molecule has 6 nitrogen and oxygen atoms in total. The fourth-order valence-electron chi connectivity index (χ4n) is 0.279. The number of nitrogens with one attached hydrogen (secondary N) is 1. The van der Waals surface area contributed by atoms with E-state index in [0.29, 0.717) is 0 Å². The molecule has 0 bridgehead atoms. The Labute approximate surface area is 84.1 Å². The van der Waals surface area contributed by atoms with E-state index >= 15 is 0 Å². The Hall–Kier alpha value is -1.14. The molecule has 0 aliphatic heterocycles. The molecule has 0 aromatic rings. The van der Waals surface area contributed by atoms with E-state index in [0.717, 1.165) is 33.5 Å². The van der Waals surface area contributed by atoms with E-state index in [1.807, 2.05) is 0 Å². The van der Waals surface area contributed by atoms with Crippen LogP contribution in [0.1, 0.15) is 20.8 Å². The minimum atomic E-state index is -0.833. The largest absolute Gasteiger partial charge is 0.481 e. The molecule has 0 aliphatic rings. The fraction of sp³-hybridized carbons (Fsp3) is 0.750. The third kappa shape index (κ3) is 305. The number of carboxylic acid groups (broad SMARTS) is 2. The molecular formula is C8H20N2O4. The summed E-state index contributed by atoms with van der Waals surface area (Å²) in [6.07, 6.45) is 0. The SMILES string of the molecule is CC(=O)O.CC(=O)O.CCNCCN. The van der Waals surface area contributed by atoms with Crippen molar-refractivity contribution in [2.45, 2.75) is 20.8 Å². The molecule has 0 radical (unpaired) electrons. The van der Waals surface area contributed by atoms with E-state index in [1.165, 1.54) is 0 Å². The molecule has 86 valence electrons. The number of aliphatic carboxylic acids is 2. The van der Waals surface area contributed by atoms with Gasteiger partial charge >= 0.3 is 0 Å². The second kappa shape index (κ2) is 17.8. The highest BCUT2D eigenvalue weighted by Gasteiger charge is 1.71. The number of rotatable bonds is 3. The van der Waals surface area contributed by atoms with Crippen molar-refractivity contribution in [3.63, 3.8) is 0 Å². The van der Waals surface area contributed by atoms with Crippen LogP contribution in [-0.4, -0.2) is 41.8 Å². The lowest BCUT2D eigenvalue weighted by molar-refractivity contribution is -0.135. The van der Waals surface area contributed by atoms with Crippen LogP contribution in [0.25, 0.3) is 0 Å². The first-order valence-corrected chi connectivity index (χ1v) is 4.18. The van der Waals surface area contributed by atoms with Gasteiger partial charge in [-0.15, -0.1) is 0 Å². The molecule has 0 saturated carbocycles. The molecule has 5 N–H and O–H groups in total. The first-order chi connectivity index (χ1) is 6.38. The summed E-state index contributed by atoms with van der Waals surface area (Å²) in [5.41, 5.74) is 5.15. The maximum absolute atomic E-state index is 9.00. The smallest absolute Gasteiger partial charge is 0.300 e. The van der Waals surface area contributed by atoms with E-state index in [1.54, 1.807) is 0 Å². The van der Waals surface area contributed by atoms with Crippen LogP contribution in [0, 0.1) is 0 Å². The summed E-state index contributed by atoms with van der Waals surface area (Å²) in [4.78, 5) is 18.0. The highest BCUT2D eigenvalue weighted by molar-refractivity contribution is 5.63. The summed E-state index contributed by atoms with van der Waals surface area (Å²) in [7, 11) is 0. The van der Waals surface area contributed by atoms with Gasteiger partial charge in [-0.3, -0.25) is 9.59 Å².